The third kappa shape index (κ3) is 2.18. The molecule has 1 spiro atoms. The molecule has 1 aliphatic heterocycles. The van der Waals surface area contributed by atoms with Crippen LogP contribution in [-0.2, 0) is 0 Å². The fraction of sp³-hybridized carbons (Fsp3) is 0.333. The maximum Gasteiger partial charge on any atom is 0.220 e. The molecule has 1 aliphatic carbocycles. The molecule has 0 unspecified atom stereocenters. The molecule has 2 aliphatic rings. The quantitative estimate of drug-likeness (QED) is 0.751. The fourth-order valence-electron chi connectivity index (χ4n) is 3.93. The van der Waals surface area contributed by atoms with Crippen molar-refractivity contribution < 1.29 is 5.11 Å². The van der Waals surface area contributed by atoms with Crippen molar-refractivity contribution in [2.75, 3.05) is 4.90 Å². The van der Waals surface area contributed by atoms with Crippen LogP contribution in [0.3, 0.4) is 0 Å². The summed E-state index contributed by atoms with van der Waals surface area (Å²) in [6.45, 7) is 0. The number of anilines is 1. The van der Waals surface area contributed by atoms with Crippen LogP contribution < -0.4 is 16.4 Å². The van der Waals surface area contributed by atoms with E-state index in [0.717, 1.165) is 42.1 Å². The molecule has 124 valence electrons. The van der Waals surface area contributed by atoms with Crippen LogP contribution in [0.5, 0.6) is 5.75 Å². The van der Waals surface area contributed by atoms with Gasteiger partial charge in [0.25, 0.3) is 0 Å². The van der Waals surface area contributed by atoms with Gasteiger partial charge in [0, 0.05) is 10.8 Å². The molecule has 2 aromatic carbocycles. The van der Waals surface area contributed by atoms with E-state index >= 15 is 0 Å². The summed E-state index contributed by atoms with van der Waals surface area (Å²) in [5.41, 5.74) is 12.6. The average molecular weight is 323 g/mol. The molecule has 0 atom stereocenters. The first-order chi connectivity index (χ1) is 11.6. The number of hydrogen-bond acceptors (Lipinski definition) is 6. The lowest BCUT2D eigenvalue weighted by molar-refractivity contribution is 0.306. The highest BCUT2D eigenvalue weighted by atomic mass is 16.3. The van der Waals surface area contributed by atoms with Gasteiger partial charge in [0.2, 0.25) is 11.9 Å². The van der Waals surface area contributed by atoms with Gasteiger partial charge in [-0.3, -0.25) is 4.90 Å². The summed E-state index contributed by atoms with van der Waals surface area (Å²) in [6, 6.07) is 11.3. The average Bonchev–Trinajstić information content (AvgIpc) is 2.57. The van der Waals surface area contributed by atoms with E-state index in [9.17, 15) is 5.11 Å². The number of nitrogens with two attached hydrogens (primary N) is 2. The molecule has 0 bridgehead atoms. The van der Waals surface area contributed by atoms with Crippen molar-refractivity contribution in [1.29, 1.82) is 0 Å². The van der Waals surface area contributed by atoms with Gasteiger partial charge >= 0.3 is 0 Å². The molecule has 4 rings (SSSR count). The van der Waals surface area contributed by atoms with Gasteiger partial charge in [0.1, 0.15) is 11.4 Å². The lowest BCUT2D eigenvalue weighted by Gasteiger charge is -2.46. The second kappa shape index (κ2) is 5.40. The summed E-state index contributed by atoms with van der Waals surface area (Å²) in [5, 5.41) is 11.9. The highest BCUT2D eigenvalue weighted by Gasteiger charge is 2.43. The summed E-state index contributed by atoms with van der Waals surface area (Å²) >= 11 is 0. The predicted octanol–water partition coefficient (Wildman–Crippen LogP) is 2.66. The largest absolute Gasteiger partial charge is 0.507 e. The number of hydrogen-bond donors (Lipinski definition) is 3. The number of guanidine groups is 2. The Hall–Kier alpha value is -2.76. The number of phenols is 1. The molecule has 0 radical (unpaired) electrons. The first-order valence-corrected chi connectivity index (χ1v) is 8.31. The second-order valence-electron chi connectivity index (χ2n) is 6.47. The Balaban J connectivity index is 1.94. The molecule has 0 amide bonds. The third-order valence-electron chi connectivity index (χ3n) is 4.97. The Morgan fingerprint density at radius 1 is 0.958 bits per heavy atom. The monoisotopic (exact) mass is 323 g/mol. The zero-order chi connectivity index (χ0) is 16.7. The maximum absolute atomic E-state index is 10.2. The summed E-state index contributed by atoms with van der Waals surface area (Å²) in [7, 11) is 0. The number of nitrogens with zero attached hydrogens (tertiary/aromatic N) is 3. The Morgan fingerprint density at radius 2 is 1.67 bits per heavy atom. The van der Waals surface area contributed by atoms with E-state index in [1.807, 2.05) is 35.2 Å². The van der Waals surface area contributed by atoms with Crippen LogP contribution in [0.2, 0.25) is 0 Å². The zero-order valence-electron chi connectivity index (χ0n) is 13.4. The molecule has 2 aromatic rings. The Bertz CT molecular complexity index is 852. The van der Waals surface area contributed by atoms with Crippen LogP contribution in [-0.4, -0.2) is 22.7 Å². The van der Waals surface area contributed by atoms with E-state index in [2.05, 4.69) is 4.99 Å². The van der Waals surface area contributed by atoms with Crippen molar-refractivity contribution in [3.63, 3.8) is 0 Å². The first-order valence-electron chi connectivity index (χ1n) is 8.31. The SMILES string of the molecule is NC1=NC2(CCCCC2)N(c2ccc(O)c3ccccc23)C(N)=N1. The first kappa shape index (κ1) is 14.8. The van der Waals surface area contributed by atoms with E-state index in [1.54, 1.807) is 6.07 Å². The van der Waals surface area contributed by atoms with E-state index in [-0.39, 0.29) is 11.7 Å². The molecular weight excluding hydrogens is 302 g/mol. The van der Waals surface area contributed by atoms with Gasteiger partial charge in [-0.1, -0.05) is 30.7 Å². The summed E-state index contributed by atoms with van der Waals surface area (Å²) in [4.78, 5) is 10.9. The Labute approximate surface area is 140 Å². The van der Waals surface area contributed by atoms with Crippen molar-refractivity contribution >= 4 is 28.4 Å². The van der Waals surface area contributed by atoms with Crippen LogP contribution in [0.1, 0.15) is 32.1 Å². The minimum atomic E-state index is -0.478. The predicted molar refractivity (Wildman–Crippen MR) is 97.2 cm³/mol. The zero-order valence-corrected chi connectivity index (χ0v) is 13.4. The topological polar surface area (TPSA) is 100 Å². The van der Waals surface area contributed by atoms with Gasteiger partial charge in [-0.05, 0) is 37.8 Å². The van der Waals surface area contributed by atoms with E-state index in [1.165, 1.54) is 6.42 Å². The molecular formula is C18H21N5O. The van der Waals surface area contributed by atoms with Gasteiger partial charge in [-0.25, -0.2) is 4.99 Å². The third-order valence-corrected chi connectivity index (χ3v) is 4.97. The van der Waals surface area contributed by atoms with Crippen LogP contribution in [0.4, 0.5) is 5.69 Å². The molecule has 6 nitrogen and oxygen atoms in total. The standard InChI is InChI=1S/C18H21N5O/c19-16-21-17(20)23(18(22-16)10-4-1-5-11-18)14-8-9-15(24)13-7-3-2-6-12(13)14/h2-3,6-9,24H,1,4-5,10-11H2,(H4,19,20,21,22). The molecule has 0 aromatic heterocycles. The van der Waals surface area contributed by atoms with Gasteiger partial charge in [-0.2, -0.15) is 4.99 Å². The second-order valence-corrected chi connectivity index (χ2v) is 6.47. The molecule has 1 fully saturated rings. The van der Waals surface area contributed by atoms with Crippen molar-refractivity contribution in [1.82, 2.24) is 0 Å². The van der Waals surface area contributed by atoms with E-state index < -0.39 is 5.66 Å². The van der Waals surface area contributed by atoms with Crippen LogP contribution in [0.25, 0.3) is 10.8 Å². The van der Waals surface area contributed by atoms with Crippen LogP contribution in [0, 0.1) is 0 Å². The van der Waals surface area contributed by atoms with Crippen molar-refractivity contribution in [2.24, 2.45) is 21.5 Å². The normalized spacial score (nSPS) is 20.1. The highest BCUT2D eigenvalue weighted by molar-refractivity contribution is 6.11. The van der Waals surface area contributed by atoms with Crippen LogP contribution >= 0.6 is 0 Å². The molecule has 6 heteroatoms. The number of fused-ring (bicyclic) bond motifs is 1. The fourth-order valence-corrected chi connectivity index (χ4v) is 3.93. The number of benzene rings is 2. The van der Waals surface area contributed by atoms with Gasteiger partial charge in [-0.15, -0.1) is 0 Å². The maximum atomic E-state index is 10.2. The van der Waals surface area contributed by atoms with Gasteiger partial charge < -0.3 is 16.6 Å². The van der Waals surface area contributed by atoms with Crippen LogP contribution in [0.15, 0.2) is 46.4 Å². The lowest BCUT2D eigenvalue weighted by Crippen LogP contribution is -2.58. The van der Waals surface area contributed by atoms with E-state index in [4.69, 9.17) is 16.5 Å². The summed E-state index contributed by atoms with van der Waals surface area (Å²) in [5.74, 6) is 0.858. The summed E-state index contributed by atoms with van der Waals surface area (Å²) in [6.07, 6.45) is 5.13. The molecule has 24 heavy (non-hydrogen) atoms. The molecule has 0 saturated heterocycles. The van der Waals surface area contributed by atoms with Crippen molar-refractivity contribution in [2.45, 2.75) is 37.8 Å². The minimum absolute atomic E-state index is 0.244. The molecule has 5 N–H and O–H groups in total. The van der Waals surface area contributed by atoms with Crippen molar-refractivity contribution in [3.8, 4) is 5.75 Å². The summed E-state index contributed by atoms with van der Waals surface area (Å²) < 4.78 is 0. The Kier molecular flexibility index (Phi) is 3.33. The molecule has 1 saturated carbocycles. The molecule has 1 heterocycles. The number of phenolic OH excluding ortho intramolecular Hbond substituents is 1. The number of aliphatic imine (C=N–C) groups is 2. The minimum Gasteiger partial charge on any atom is -0.507 e. The highest BCUT2D eigenvalue weighted by Crippen LogP contribution is 2.42. The number of rotatable bonds is 1. The van der Waals surface area contributed by atoms with Crippen molar-refractivity contribution in [3.05, 3.63) is 36.4 Å². The van der Waals surface area contributed by atoms with E-state index in [0.29, 0.717) is 5.96 Å². The van der Waals surface area contributed by atoms with Gasteiger partial charge in [0.15, 0.2) is 0 Å². The smallest absolute Gasteiger partial charge is 0.220 e. The van der Waals surface area contributed by atoms with Gasteiger partial charge in [0.05, 0.1) is 5.69 Å². The Morgan fingerprint density at radius 3 is 2.42 bits per heavy atom. The number of aromatic hydroxyl groups is 1. The lowest BCUT2D eigenvalue weighted by atomic mass is 9.87.